The Morgan fingerprint density at radius 3 is 2.10 bits per heavy atom. The minimum atomic E-state index is -4.08. The molecule has 8 N–H and O–H groups in total. The van der Waals surface area contributed by atoms with Crippen LogP contribution in [-0.4, -0.2) is 98.0 Å². The number of anilines is 1. The van der Waals surface area contributed by atoms with Crippen LogP contribution in [0.25, 0.3) is 0 Å². The first kappa shape index (κ1) is 44.7. The molecule has 3 aromatic carbocycles. The molecule has 322 valence electrons. The Hall–Kier alpha value is -5.86. The number of nitrogens with two attached hydrogens (primary N) is 1. The highest BCUT2D eigenvalue weighted by molar-refractivity contribution is 7.88. The number of benzene rings is 2. The van der Waals surface area contributed by atoms with Crippen molar-refractivity contribution in [3.63, 3.8) is 0 Å². The van der Waals surface area contributed by atoms with E-state index in [1.54, 1.807) is 54.6 Å². The van der Waals surface area contributed by atoms with Gasteiger partial charge in [-0.3, -0.25) is 34.4 Å². The number of fused-ring (bicyclic) bond motifs is 1. The van der Waals surface area contributed by atoms with Gasteiger partial charge in [-0.2, -0.15) is 0 Å². The van der Waals surface area contributed by atoms with Crippen molar-refractivity contribution in [3.8, 4) is 0 Å². The van der Waals surface area contributed by atoms with Crippen molar-refractivity contribution in [3.05, 3.63) is 125 Å². The van der Waals surface area contributed by atoms with E-state index in [1.165, 1.54) is 6.07 Å². The van der Waals surface area contributed by atoms with Crippen LogP contribution in [0.4, 0.5) is 5.69 Å². The van der Waals surface area contributed by atoms with Crippen molar-refractivity contribution < 1.29 is 27.6 Å². The molecule has 6 heterocycles. The standard InChI is InChI=1S/C45H55N9O6S/c1-29-25-40(52-61(59,60)28-34-7-5-4-6-8-34)45(58)51-39(44(57)48-27-33-9-13-36(14-10-33)41(46)47)26-32-11-17-37(18-12-32)49-42(55)30(2)53-21-23-54(24-22-53)31(3)43(56)50-38-19-15-35(29)16-20-38/h5,7-11,13-20,29-32,39-40,52H,12,21-28H2,1-3H3,(H3,46,47)(H,48,57)(H,49,55)(H,50,56)(H,51,58)/t29?,30-,31+,32?,39-,40+/m0/s1. The molecule has 6 aliphatic heterocycles. The van der Waals surface area contributed by atoms with Crippen LogP contribution in [0, 0.1) is 23.5 Å². The fraction of sp³-hybridized carbons (Fsp3) is 0.400. The number of allylic oxidation sites excluding steroid dienone is 3. The highest BCUT2D eigenvalue weighted by Gasteiger charge is 2.33. The summed E-state index contributed by atoms with van der Waals surface area (Å²) in [6, 6.07) is 21.2. The van der Waals surface area contributed by atoms with Crippen LogP contribution >= 0.6 is 0 Å². The van der Waals surface area contributed by atoms with Crippen molar-refractivity contribution in [1.82, 2.24) is 30.5 Å². The third-order valence-electron chi connectivity index (χ3n) is 11.6. The molecule has 0 radical (unpaired) electrons. The average Bonchev–Trinajstić information content (AvgIpc) is 3.25. The van der Waals surface area contributed by atoms with Crippen molar-refractivity contribution in [2.45, 2.75) is 82.4 Å². The average molecular weight is 850 g/mol. The lowest BCUT2D eigenvalue weighted by atomic mass is 9.91. The maximum atomic E-state index is 14.4. The molecule has 15 nitrogen and oxygen atoms in total. The van der Waals surface area contributed by atoms with E-state index in [4.69, 9.17) is 11.1 Å². The lowest BCUT2D eigenvalue weighted by molar-refractivity contribution is -0.130. The van der Waals surface area contributed by atoms with Crippen LogP contribution in [0.15, 0.2) is 90.7 Å². The normalized spacial score (nSPS) is 26.4. The van der Waals surface area contributed by atoms with E-state index in [1.807, 2.05) is 45.1 Å². The summed E-state index contributed by atoms with van der Waals surface area (Å²) in [6.45, 7) is 8.22. The van der Waals surface area contributed by atoms with Crippen LogP contribution in [0.3, 0.4) is 0 Å². The SMILES string of the molecule is CC1C[C@@H](NS(=O)(=O)Cc2cc#ccc2)C(=O)N[C@H](C(=O)NCc2ccc(C(=N)N)cc2)CC2C=CC(=CC2)NC(=O)[C@H](C)N2CCN(CC2)[C@H](C)C(=O)Nc2ccc1cc2. The van der Waals surface area contributed by atoms with Gasteiger partial charge in [-0.25, -0.2) is 13.1 Å². The summed E-state index contributed by atoms with van der Waals surface area (Å²) in [5.41, 5.74) is 9.40. The van der Waals surface area contributed by atoms with E-state index in [-0.39, 0.29) is 48.9 Å². The molecule has 10 rings (SSSR count). The Kier molecular flexibility index (Phi) is 14.7. The zero-order valence-electron chi connectivity index (χ0n) is 34.7. The van der Waals surface area contributed by atoms with Gasteiger partial charge in [-0.1, -0.05) is 67.6 Å². The number of amides is 4. The molecule has 16 heteroatoms. The lowest BCUT2D eigenvalue weighted by Crippen LogP contribution is -2.57. The molecule has 61 heavy (non-hydrogen) atoms. The monoisotopic (exact) mass is 849 g/mol. The van der Waals surface area contributed by atoms with E-state index in [9.17, 15) is 27.6 Å². The summed E-state index contributed by atoms with van der Waals surface area (Å²) in [4.78, 5) is 59.3. The number of carbonyl (C=O) groups excluding carboxylic acids is 4. The number of hydrogen-bond donors (Lipinski definition) is 7. The summed E-state index contributed by atoms with van der Waals surface area (Å²) >= 11 is 0. The number of rotatable bonds is 8. The number of carbonyl (C=O) groups is 4. The van der Waals surface area contributed by atoms with Gasteiger partial charge in [0.15, 0.2) is 0 Å². The van der Waals surface area contributed by atoms with E-state index in [0.717, 1.165) is 11.1 Å². The molecule has 1 saturated heterocycles. The summed E-state index contributed by atoms with van der Waals surface area (Å²) in [5.74, 6) is -2.48. The van der Waals surface area contributed by atoms with Gasteiger partial charge < -0.3 is 27.0 Å². The summed E-state index contributed by atoms with van der Waals surface area (Å²) in [7, 11) is -4.08. The number of nitrogens with one attached hydrogen (secondary N) is 6. The Labute approximate surface area is 358 Å². The Bertz CT molecular complexity index is 2220. The van der Waals surface area contributed by atoms with Crippen molar-refractivity contribution in [2.75, 3.05) is 31.5 Å². The van der Waals surface area contributed by atoms with Crippen molar-refractivity contribution in [2.24, 2.45) is 11.7 Å². The van der Waals surface area contributed by atoms with Gasteiger partial charge in [-0.15, -0.1) is 0 Å². The van der Waals surface area contributed by atoms with E-state index >= 15 is 0 Å². The second-order valence-electron chi connectivity index (χ2n) is 16.1. The van der Waals surface area contributed by atoms with Gasteiger partial charge in [0.1, 0.15) is 17.9 Å². The highest BCUT2D eigenvalue weighted by atomic mass is 32.2. The zero-order valence-corrected chi connectivity index (χ0v) is 35.6. The molecule has 0 aromatic heterocycles. The summed E-state index contributed by atoms with van der Waals surface area (Å²) in [5, 5.41) is 19.5. The molecule has 3 aromatic rings. The minimum Gasteiger partial charge on any atom is -0.384 e. The van der Waals surface area contributed by atoms with Gasteiger partial charge in [0.25, 0.3) is 0 Å². The molecule has 1 aliphatic carbocycles. The largest absolute Gasteiger partial charge is 0.384 e. The number of nitrogen functional groups attached to an aromatic ring is 1. The van der Waals surface area contributed by atoms with E-state index < -0.39 is 51.8 Å². The van der Waals surface area contributed by atoms with Crippen LogP contribution in [-0.2, 0) is 41.5 Å². The third-order valence-corrected chi connectivity index (χ3v) is 13.0. The lowest BCUT2D eigenvalue weighted by Gasteiger charge is -2.39. The third kappa shape index (κ3) is 12.4. The second-order valence-corrected chi connectivity index (χ2v) is 17.8. The van der Waals surface area contributed by atoms with Crippen LogP contribution < -0.4 is 31.7 Å². The molecule has 1 fully saturated rings. The molecular formula is C45H55N9O6S. The number of hydrogen-bond acceptors (Lipinski definition) is 9. The van der Waals surface area contributed by atoms with E-state index in [0.29, 0.717) is 55.1 Å². The molecule has 6 atom stereocenters. The minimum absolute atomic E-state index is 0.0544. The number of piperazine rings is 1. The topological polar surface area (TPSA) is 219 Å². The number of nitrogens with zero attached hydrogens (tertiary/aromatic N) is 2. The summed E-state index contributed by atoms with van der Waals surface area (Å²) in [6.07, 6.45) is 6.31. The van der Waals surface area contributed by atoms with Gasteiger partial charge in [0.05, 0.1) is 17.8 Å². The Morgan fingerprint density at radius 1 is 0.852 bits per heavy atom. The number of amidine groups is 1. The molecule has 2 unspecified atom stereocenters. The molecule has 4 amide bonds. The molecule has 0 spiro atoms. The van der Waals surface area contributed by atoms with E-state index in [2.05, 4.69) is 47.9 Å². The Balaban J connectivity index is 1.28. The smallest absolute Gasteiger partial charge is 0.242 e. The first-order valence-corrected chi connectivity index (χ1v) is 22.3. The van der Waals surface area contributed by atoms with Gasteiger partial charge in [0, 0.05) is 49.7 Å². The van der Waals surface area contributed by atoms with Crippen LogP contribution in [0.5, 0.6) is 0 Å². The predicted molar refractivity (Wildman–Crippen MR) is 233 cm³/mol. The quantitative estimate of drug-likeness (QED) is 0.131. The molecular weight excluding hydrogens is 795 g/mol. The fourth-order valence-corrected chi connectivity index (χ4v) is 9.07. The maximum Gasteiger partial charge on any atom is 0.242 e. The summed E-state index contributed by atoms with van der Waals surface area (Å²) < 4.78 is 29.9. The zero-order chi connectivity index (χ0) is 43.7. The Morgan fingerprint density at radius 2 is 1.51 bits per heavy atom. The maximum absolute atomic E-state index is 14.4. The van der Waals surface area contributed by atoms with Crippen LogP contribution in [0.2, 0.25) is 0 Å². The molecule has 6 bridgehead atoms. The van der Waals surface area contributed by atoms with Crippen LogP contribution in [0.1, 0.15) is 68.2 Å². The molecule has 0 saturated carbocycles. The molecule has 7 aliphatic rings. The van der Waals surface area contributed by atoms with Gasteiger partial charge in [-0.05, 0) is 98.0 Å². The second kappa shape index (κ2) is 20.1. The first-order chi connectivity index (χ1) is 29.1. The predicted octanol–water partition coefficient (Wildman–Crippen LogP) is 2.67. The van der Waals surface area contributed by atoms with Crippen molar-refractivity contribution in [1.29, 1.82) is 5.41 Å². The van der Waals surface area contributed by atoms with Gasteiger partial charge >= 0.3 is 0 Å². The first-order valence-electron chi connectivity index (χ1n) is 20.6. The highest BCUT2D eigenvalue weighted by Crippen LogP contribution is 2.25. The fourth-order valence-electron chi connectivity index (χ4n) is 7.73. The van der Waals surface area contributed by atoms with Gasteiger partial charge in [0.2, 0.25) is 33.7 Å². The number of sulfonamides is 1. The van der Waals surface area contributed by atoms with Crippen molar-refractivity contribution >= 4 is 45.2 Å².